The summed E-state index contributed by atoms with van der Waals surface area (Å²) in [6.45, 7) is 3.98. The van der Waals surface area contributed by atoms with Crippen molar-refractivity contribution in [3.63, 3.8) is 0 Å². The maximum Gasteiger partial charge on any atom is 0.250 e. The van der Waals surface area contributed by atoms with Gasteiger partial charge in [0.25, 0.3) is 0 Å². The van der Waals surface area contributed by atoms with Gasteiger partial charge >= 0.3 is 0 Å². The van der Waals surface area contributed by atoms with Gasteiger partial charge in [-0.3, -0.25) is 4.79 Å². The molecule has 4 nitrogen and oxygen atoms in total. The van der Waals surface area contributed by atoms with E-state index in [-0.39, 0.29) is 25.2 Å². The largest absolute Gasteiger partial charge is 0.369 e. The van der Waals surface area contributed by atoms with Crippen LogP contribution in [0.3, 0.4) is 0 Å². The molecule has 0 aliphatic carbocycles. The minimum Gasteiger partial charge on any atom is -0.369 e. The number of halogens is 1. The molecule has 0 atom stereocenters. The van der Waals surface area contributed by atoms with E-state index in [1.807, 2.05) is 13.8 Å². The number of carbonyl (C=O) groups is 1. The Bertz CT molecular complexity index is 504. The number of benzene rings is 1. The van der Waals surface area contributed by atoms with Crippen molar-refractivity contribution >= 4 is 23.2 Å². The number of anilines is 1. The molecule has 5 heteroatoms. The molecule has 1 aromatic carbocycles. The van der Waals surface area contributed by atoms with Crippen molar-refractivity contribution in [3.05, 3.63) is 28.8 Å². The number of ether oxygens (including phenoxy) is 1. The first-order chi connectivity index (χ1) is 9.02. The third kappa shape index (κ3) is 5.75. The van der Waals surface area contributed by atoms with E-state index in [1.165, 1.54) is 0 Å². The van der Waals surface area contributed by atoms with Gasteiger partial charge in [-0.15, -0.1) is 0 Å². The molecule has 0 spiro atoms. The Balaban J connectivity index is 2.80. The van der Waals surface area contributed by atoms with Gasteiger partial charge in [-0.05, 0) is 32.0 Å². The zero-order valence-corrected chi connectivity index (χ0v) is 11.8. The average Bonchev–Trinajstić information content (AvgIpc) is 2.35. The highest BCUT2D eigenvalue weighted by Crippen LogP contribution is 2.20. The van der Waals surface area contributed by atoms with Gasteiger partial charge in [0.2, 0.25) is 5.91 Å². The predicted molar refractivity (Wildman–Crippen MR) is 77.1 cm³/mol. The van der Waals surface area contributed by atoms with Gasteiger partial charge in [0.15, 0.2) is 0 Å². The molecule has 102 valence electrons. The van der Waals surface area contributed by atoms with Crippen molar-refractivity contribution in [3.8, 4) is 11.8 Å². The van der Waals surface area contributed by atoms with Crippen LogP contribution in [0.25, 0.3) is 0 Å². The molecule has 3 N–H and O–H groups in total. The fourth-order valence-corrected chi connectivity index (χ4v) is 1.48. The molecule has 0 bridgehead atoms. The van der Waals surface area contributed by atoms with E-state index in [2.05, 4.69) is 17.2 Å². The van der Waals surface area contributed by atoms with Gasteiger partial charge in [0.1, 0.15) is 6.61 Å². The number of rotatable bonds is 4. The van der Waals surface area contributed by atoms with Gasteiger partial charge in [0, 0.05) is 10.6 Å². The summed E-state index contributed by atoms with van der Waals surface area (Å²) in [4.78, 5) is 11.7. The molecule has 0 heterocycles. The van der Waals surface area contributed by atoms with Gasteiger partial charge in [-0.25, -0.2) is 0 Å². The molecular weight excluding hydrogens is 264 g/mol. The van der Waals surface area contributed by atoms with Crippen LogP contribution >= 0.6 is 11.6 Å². The normalized spacial score (nSPS) is 9.95. The smallest absolute Gasteiger partial charge is 0.250 e. The van der Waals surface area contributed by atoms with E-state index >= 15 is 0 Å². The summed E-state index contributed by atoms with van der Waals surface area (Å²) in [5, 5.41) is 3.25. The summed E-state index contributed by atoms with van der Waals surface area (Å²) in [6, 6.07) is 5.10. The van der Waals surface area contributed by atoms with Crippen molar-refractivity contribution in [2.75, 3.05) is 18.5 Å². The lowest BCUT2D eigenvalue weighted by Crippen LogP contribution is -2.21. The van der Waals surface area contributed by atoms with Crippen molar-refractivity contribution in [2.24, 2.45) is 5.73 Å². The van der Waals surface area contributed by atoms with Crippen LogP contribution in [-0.2, 0) is 9.53 Å². The Kier molecular flexibility index (Phi) is 6.37. The van der Waals surface area contributed by atoms with Crippen LogP contribution in [0.15, 0.2) is 18.2 Å². The summed E-state index contributed by atoms with van der Waals surface area (Å²) < 4.78 is 5.23. The molecule has 1 rings (SSSR count). The molecule has 0 radical (unpaired) electrons. The van der Waals surface area contributed by atoms with E-state index in [1.54, 1.807) is 18.2 Å². The second kappa shape index (κ2) is 7.80. The van der Waals surface area contributed by atoms with Crippen molar-refractivity contribution in [1.82, 2.24) is 0 Å². The summed E-state index contributed by atoms with van der Waals surface area (Å²) in [6.07, 6.45) is 0.00149. The van der Waals surface area contributed by atoms with Crippen LogP contribution in [0.4, 0.5) is 5.69 Å². The third-order valence-corrected chi connectivity index (χ3v) is 2.36. The average molecular weight is 281 g/mol. The fraction of sp³-hybridized carbons (Fsp3) is 0.357. The topological polar surface area (TPSA) is 64.3 Å². The maximum absolute atomic E-state index is 11.7. The van der Waals surface area contributed by atoms with Gasteiger partial charge in [0.05, 0.1) is 18.3 Å². The molecule has 1 aromatic rings. The second-order valence-electron chi connectivity index (χ2n) is 4.10. The Hall–Kier alpha value is -1.54. The van der Waals surface area contributed by atoms with Crippen LogP contribution in [0.1, 0.15) is 19.4 Å². The van der Waals surface area contributed by atoms with Crippen LogP contribution < -0.4 is 11.1 Å². The molecule has 0 saturated carbocycles. The highest BCUT2D eigenvalue weighted by atomic mass is 35.5. The fourth-order valence-electron chi connectivity index (χ4n) is 1.30. The molecule has 0 aromatic heterocycles. The number of nitrogens with one attached hydrogen (secondary N) is 1. The van der Waals surface area contributed by atoms with E-state index < -0.39 is 0 Å². The quantitative estimate of drug-likeness (QED) is 0.830. The minimum atomic E-state index is -0.244. The summed E-state index contributed by atoms with van der Waals surface area (Å²) in [5.74, 6) is 5.38. The molecule has 0 unspecified atom stereocenters. The van der Waals surface area contributed by atoms with E-state index in [9.17, 15) is 4.79 Å². The molecule has 0 fully saturated rings. The number of hydrogen-bond acceptors (Lipinski definition) is 3. The molecule has 1 amide bonds. The highest BCUT2D eigenvalue weighted by Gasteiger charge is 2.07. The van der Waals surface area contributed by atoms with Gasteiger partial charge in [-0.2, -0.15) is 0 Å². The lowest BCUT2D eigenvalue weighted by molar-refractivity contribution is -0.121. The Morgan fingerprint density at radius 1 is 1.53 bits per heavy atom. The van der Waals surface area contributed by atoms with E-state index in [0.717, 1.165) is 0 Å². The van der Waals surface area contributed by atoms with Gasteiger partial charge in [-0.1, -0.05) is 23.4 Å². The lowest BCUT2D eigenvalue weighted by Gasteiger charge is -2.10. The van der Waals surface area contributed by atoms with Crippen molar-refractivity contribution in [2.45, 2.75) is 20.0 Å². The zero-order valence-electron chi connectivity index (χ0n) is 11.0. The Morgan fingerprint density at radius 3 is 2.89 bits per heavy atom. The monoisotopic (exact) mass is 280 g/mol. The molecule has 0 aliphatic heterocycles. The summed E-state index contributed by atoms with van der Waals surface area (Å²) in [7, 11) is 0. The number of hydrogen-bond donors (Lipinski definition) is 2. The van der Waals surface area contributed by atoms with Gasteiger partial charge < -0.3 is 15.8 Å². The van der Waals surface area contributed by atoms with Crippen molar-refractivity contribution < 1.29 is 9.53 Å². The van der Waals surface area contributed by atoms with E-state index in [0.29, 0.717) is 16.3 Å². The molecule has 0 saturated heterocycles. The first-order valence-electron chi connectivity index (χ1n) is 5.93. The molecule has 0 aliphatic rings. The van der Waals surface area contributed by atoms with Crippen LogP contribution in [0.2, 0.25) is 5.02 Å². The SMILES string of the molecule is CC(C)OCC(=O)Nc1cc(Cl)ccc1C#CCN. The standard InChI is InChI=1S/C14H17ClN2O2/c1-10(2)19-9-14(18)17-13-8-12(15)6-5-11(13)4-3-7-16/h5-6,8,10H,7,9,16H2,1-2H3,(H,17,18). The lowest BCUT2D eigenvalue weighted by atomic mass is 10.2. The van der Waals surface area contributed by atoms with Crippen LogP contribution in [0.5, 0.6) is 0 Å². The summed E-state index contributed by atoms with van der Waals surface area (Å²) >= 11 is 5.91. The second-order valence-corrected chi connectivity index (χ2v) is 4.54. The van der Waals surface area contributed by atoms with Crippen LogP contribution in [-0.4, -0.2) is 25.2 Å². The molecular formula is C14H17ClN2O2. The van der Waals surface area contributed by atoms with Crippen LogP contribution in [0, 0.1) is 11.8 Å². The predicted octanol–water partition coefficient (Wildman–Crippen LogP) is 2.01. The Labute approximate surface area is 118 Å². The maximum atomic E-state index is 11.7. The zero-order chi connectivity index (χ0) is 14.3. The minimum absolute atomic E-state index is 0.00149. The first-order valence-corrected chi connectivity index (χ1v) is 6.30. The third-order valence-electron chi connectivity index (χ3n) is 2.13. The summed E-state index contributed by atoms with van der Waals surface area (Å²) in [5.41, 5.74) is 6.57. The highest BCUT2D eigenvalue weighted by molar-refractivity contribution is 6.31. The Morgan fingerprint density at radius 2 is 2.26 bits per heavy atom. The molecule has 19 heavy (non-hydrogen) atoms. The first kappa shape index (κ1) is 15.5. The number of amides is 1. The van der Waals surface area contributed by atoms with E-state index in [4.69, 9.17) is 22.1 Å². The number of carbonyl (C=O) groups excluding carboxylic acids is 1. The number of nitrogens with two attached hydrogens (primary N) is 1. The van der Waals surface area contributed by atoms with Crippen molar-refractivity contribution in [1.29, 1.82) is 0 Å².